The number of piperidine rings is 1. The zero-order valence-electron chi connectivity index (χ0n) is 18.5. The number of hydrogen-bond donors (Lipinski definition) is 2. The van der Waals surface area contributed by atoms with E-state index in [4.69, 9.17) is 0 Å². The predicted molar refractivity (Wildman–Crippen MR) is 127 cm³/mol. The molecule has 0 aromatic heterocycles. The molecule has 1 fully saturated rings. The van der Waals surface area contributed by atoms with Gasteiger partial charge in [0.05, 0.1) is 19.3 Å². The van der Waals surface area contributed by atoms with Crippen LogP contribution in [0.1, 0.15) is 32.2 Å². The maximum atomic E-state index is 13.8. The van der Waals surface area contributed by atoms with E-state index in [2.05, 4.69) is 0 Å². The molecule has 4 rings (SSSR count). The van der Waals surface area contributed by atoms with Crippen LogP contribution in [0.3, 0.4) is 0 Å². The second-order valence-electron chi connectivity index (χ2n) is 8.58. The summed E-state index contributed by atoms with van der Waals surface area (Å²) in [7, 11) is 0. The molecule has 1 aliphatic rings. The monoisotopic (exact) mass is 443 g/mol. The van der Waals surface area contributed by atoms with E-state index in [1.165, 1.54) is 0 Å². The van der Waals surface area contributed by atoms with E-state index in [1.54, 1.807) is 24.3 Å². The third-order valence-electron chi connectivity index (χ3n) is 6.64. The number of likely N-dealkylation sites (tertiary alicyclic amines) is 1. The molecule has 5 heteroatoms. The Labute approximate surface area is 194 Å². The number of Topliss-reactive ketones (excluding diaryl/α,β-unsaturated/α-hetero) is 2. The van der Waals surface area contributed by atoms with E-state index in [0.717, 1.165) is 5.56 Å². The summed E-state index contributed by atoms with van der Waals surface area (Å²) in [5.74, 6) is -1.38. The van der Waals surface area contributed by atoms with Gasteiger partial charge in [-0.15, -0.1) is 0 Å². The topological polar surface area (TPSA) is 77.8 Å². The van der Waals surface area contributed by atoms with Crippen LogP contribution in [-0.4, -0.2) is 59.0 Å². The summed E-state index contributed by atoms with van der Waals surface area (Å²) in [6.07, 6.45) is 0. The maximum Gasteiger partial charge on any atom is 0.167 e. The van der Waals surface area contributed by atoms with E-state index < -0.39 is 17.9 Å². The highest BCUT2D eigenvalue weighted by Gasteiger charge is 2.45. The normalized spacial score (nSPS) is 21.1. The van der Waals surface area contributed by atoms with Gasteiger partial charge in [0.25, 0.3) is 0 Å². The molecule has 0 radical (unpaired) electrons. The number of aliphatic hydroxyl groups excluding tert-OH is 2. The molecular weight excluding hydrogens is 414 g/mol. The zero-order chi connectivity index (χ0) is 23.2. The Balaban J connectivity index is 1.81. The molecule has 1 saturated heterocycles. The zero-order valence-corrected chi connectivity index (χ0v) is 18.5. The van der Waals surface area contributed by atoms with Crippen LogP contribution in [0.4, 0.5) is 0 Å². The minimum Gasteiger partial charge on any atom is -0.395 e. The molecule has 0 bridgehead atoms. The fraction of sp³-hybridized carbons (Fsp3) is 0.286. The Hall–Kier alpha value is -3.12. The van der Waals surface area contributed by atoms with Crippen LogP contribution >= 0.6 is 0 Å². The maximum absolute atomic E-state index is 13.8. The Bertz CT molecular complexity index is 990. The number of hydrogen-bond acceptors (Lipinski definition) is 5. The molecule has 3 atom stereocenters. The highest BCUT2D eigenvalue weighted by atomic mass is 16.3. The van der Waals surface area contributed by atoms with Crippen LogP contribution < -0.4 is 0 Å². The van der Waals surface area contributed by atoms with Gasteiger partial charge in [-0.2, -0.15) is 0 Å². The molecule has 170 valence electrons. The average Bonchev–Trinajstić information content (AvgIpc) is 2.89. The summed E-state index contributed by atoms with van der Waals surface area (Å²) in [6.45, 7) is 0.227. The van der Waals surface area contributed by atoms with Gasteiger partial charge in [-0.25, -0.2) is 0 Å². The van der Waals surface area contributed by atoms with Gasteiger partial charge in [0.2, 0.25) is 0 Å². The van der Waals surface area contributed by atoms with Crippen molar-refractivity contribution in [1.82, 2.24) is 4.90 Å². The SMILES string of the molecule is O=C(c1ccccc1)[C@H]1CN(C(CO)CO)C[C@@H](C(=O)c2ccccc2)C1c1ccccc1. The second kappa shape index (κ2) is 10.7. The largest absolute Gasteiger partial charge is 0.395 e. The standard InChI is InChI=1S/C28H29NO4/c30-18-23(19-31)29-16-24(27(32)21-12-6-2-7-13-21)26(20-10-4-1-5-11-20)25(17-29)28(33)22-14-8-3-9-15-22/h1-15,23-26,30-31H,16-19H2/t24-,25+,26?. The molecule has 0 aliphatic carbocycles. The van der Waals surface area contributed by atoms with Crippen LogP contribution in [0.5, 0.6) is 0 Å². The van der Waals surface area contributed by atoms with Gasteiger partial charge >= 0.3 is 0 Å². The molecular formula is C28H29NO4. The minimum atomic E-state index is -0.529. The highest BCUT2D eigenvalue weighted by Crippen LogP contribution is 2.41. The lowest BCUT2D eigenvalue weighted by Crippen LogP contribution is -2.55. The molecule has 0 saturated carbocycles. The Morgan fingerprint density at radius 2 is 1.09 bits per heavy atom. The first kappa shape index (κ1) is 23.1. The number of carbonyl (C=O) groups excluding carboxylic acids is 2. The second-order valence-corrected chi connectivity index (χ2v) is 8.58. The van der Waals surface area contributed by atoms with Crippen molar-refractivity contribution in [3.8, 4) is 0 Å². The van der Waals surface area contributed by atoms with Crippen molar-refractivity contribution >= 4 is 11.6 Å². The van der Waals surface area contributed by atoms with Crippen molar-refractivity contribution < 1.29 is 19.8 Å². The van der Waals surface area contributed by atoms with Crippen molar-refractivity contribution in [2.45, 2.75) is 12.0 Å². The van der Waals surface area contributed by atoms with Crippen LogP contribution in [0, 0.1) is 11.8 Å². The van der Waals surface area contributed by atoms with Crippen LogP contribution in [0.25, 0.3) is 0 Å². The van der Waals surface area contributed by atoms with Gasteiger partial charge in [0.1, 0.15) is 0 Å². The van der Waals surface area contributed by atoms with Crippen molar-refractivity contribution in [3.63, 3.8) is 0 Å². The lowest BCUT2D eigenvalue weighted by Gasteiger charge is -2.45. The van der Waals surface area contributed by atoms with Crippen molar-refractivity contribution in [2.24, 2.45) is 11.8 Å². The molecule has 1 heterocycles. The molecule has 1 aliphatic heterocycles. The number of ketones is 2. The van der Waals surface area contributed by atoms with E-state index in [0.29, 0.717) is 24.2 Å². The molecule has 2 N–H and O–H groups in total. The Kier molecular flexibility index (Phi) is 7.45. The first-order chi connectivity index (χ1) is 16.1. The minimum absolute atomic E-state index is 0.0327. The van der Waals surface area contributed by atoms with Gasteiger partial charge in [-0.05, 0) is 5.56 Å². The number of aliphatic hydroxyl groups is 2. The molecule has 0 spiro atoms. The molecule has 5 nitrogen and oxygen atoms in total. The van der Waals surface area contributed by atoms with Crippen molar-refractivity contribution in [2.75, 3.05) is 26.3 Å². The summed E-state index contributed by atoms with van der Waals surface area (Å²) in [6, 6.07) is 27.5. The summed E-state index contributed by atoms with van der Waals surface area (Å²) in [4.78, 5) is 29.4. The molecule has 3 aromatic rings. The Morgan fingerprint density at radius 1 is 0.697 bits per heavy atom. The quantitative estimate of drug-likeness (QED) is 0.522. The number of benzene rings is 3. The first-order valence-corrected chi connectivity index (χ1v) is 11.3. The van der Waals surface area contributed by atoms with E-state index in [9.17, 15) is 19.8 Å². The van der Waals surface area contributed by atoms with Crippen molar-refractivity contribution in [3.05, 3.63) is 108 Å². The lowest BCUT2D eigenvalue weighted by atomic mass is 9.68. The van der Waals surface area contributed by atoms with Gasteiger partial charge in [-0.3, -0.25) is 14.5 Å². The van der Waals surface area contributed by atoms with Crippen molar-refractivity contribution in [1.29, 1.82) is 0 Å². The van der Waals surface area contributed by atoms with Crippen LogP contribution in [0.15, 0.2) is 91.0 Å². The first-order valence-electron chi connectivity index (χ1n) is 11.3. The van der Waals surface area contributed by atoms with E-state index >= 15 is 0 Å². The van der Waals surface area contributed by atoms with Gasteiger partial charge in [-0.1, -0.05) is 91.0 Å². The highest BCUT2D eigenvalue weighted by molar-refractivity contribution is 6.02. The van der Waals surface area contributed by atoms with Crippen LogP contribution in [0.2, 0.25) is 0 Å². The summed E-state index contributed by atoms with van der Waals surface area (Å²) >= 11 is 0. The lowest BCUT2D eigenvalue weighted by molar-refractivity contribution is 0.0155. The van der Waals surface area contributed by atoms with E-state index in [-0.39, 0.29) is 30.7 Å². The number of rotatable bonds is 8. The molecule has 33 heavy (non-hydrogen) atoms. The molecule has 3 aromatic carbocycles. The predicted octanol–water partition coefficient (Wildman–Crippen LogP) is 3.44. The molecule has 1 unspecified atom stereocenters. The summed E-state index contributed by atoms with van der Waals surface area (Å²) < 4.78 is 0. The third kappa shape index (κ3) is 4.96. The summed E-state index contributed by atoms with van der Waals surface area (Å²) in [5.41, 5.74) is 2.15. The van der Waals surface area contributed by atoms with Crippen LogP contribution in [-0.2, 0) is 0 Å². The summed E-state index contributed by atoms with van der Waals surface area (Å²) in [5, 5.41) is 19.7. The number of carbonyl (C=O) groups is 2. The van der Waals surface area contributed by atoms with Gasteiger partial charge in [0.15, 0.2) is 11.6 Å². The fourth-order valence-corrected chi connectivity index (χ4v) is 4.94. The average molecular weight is 444 g/mol. The molecule has 0 amide bonds. The van der Waals surface area contributed by atoms with Gasteiger partial charge < -0.3 is 10.2 Å². The van der Waals surface area contributed by atoms with E-state index in [1.807, 2.05) is 71.6 Å². The smallest absolute Gasteiger partial charge is 0.167 e. The fourth-order valence-electron chi connectivity index (χ4n) is 4.94. The number of nitrogens with zero attached hydrogens (tertiary/aromatic N) is 1. The van der Waals surface area contributed by atoms with Gasteiger partial charge in [0, 0.05) is 42.0 Å². The third-order valence-corrected chi connectivity index (χ3v) is 6.64. The Morgan fingerprint density at radius 3 is 1.48 bits per heavy atom.